The van der Waals surface area contributed by atoms with Crippen molar-refractivity contribution in [2.75, 3.05) is 0 Å². The molecule has 3 aromatic carbocycles. The van der Waals surface area contributed by atoms with Gasteiger partial charge < -0.3 is 15.6 Å². The van der Waals surface area contributed by atoms with E-state index in [2.05, 4.69) is 0 Å². The van der Waals surface area contributed by atoms with Gasteiger partial charge in [0.1, 0.15) is 6.61 Å². The number of ether oxygens (including phenoxy) is 1. The molecule has 0 bridgehead atoms. The highest BCUT2D eigenvalue weighted by Crippen LogP contribution is 2.42. The van der Waals surface area contributed by atoms with Crippen LogP contribution < -0.4 is 5.73 Å². The molecular weight excluding hydrogens is 411 g/mol. The minimum atomic E-state index is -5.21. The summed E-state index contributed by atoms with van der Waals surface area (Å²) in [6, 6.07) is 18.8. The van der Waals surface area contributed by atoms with E-state index in [-0.39, 0.29) is 16.7 Å². The minimum absolute atomic E-state index is 0.000495. The molecule has 0 saturated heterocycles. The molecule has 0 saturated carbocycles. The van der Waals surface area contributed by atoms with Gasteiger partial charge in [0.2, 0.25) is 5.54 Å². The smallest absolute Gasteiger partial charge is 0.421 e. The predicted octanol–water partition coefficient (Wildman–Crippen LogP) is 4.51. The Kier molecular flexibility index (Phi) is 6.12. The number of halogens is 3. The lowest BCUT2D eigenvalue weighted by molar-refractivity contribution is -0.209. The first-order chi connectivity index (χ1) is 14.7. The molecule has 0 aromatic heterocycles. The highest BCUT2D eigenvalue weighted by molar-refractivity contribution is 5.97. The van der Waals surface area contributed by atoms with Gasteiger partial charge in [0.15, 0.2) is 0 Å². The van der Waals surface area contributed by atoms with Gasteiger partial charge in [0.25, 0.3) is 0 Å². The van der Waals surface area contributed by atoms with Crippen LogP contribution in [0.25, 0.3) is 11.1 Å². The van der Waals surface area contributed by atoms with Crippen LogP contribution in [-0.2, 0) is 21.7 Å². The molecule has 0 aliphatic carbocycles. The van der Waals surface area contributed by atoms with Gasteiger partial charge in [-0.3, -0.25) is 0 Å². The van der Waals surface area contributed by atoms with Gasteiger partial charge in [-0.2, -0.15) is 13.2 Å². The van der Waals surface area contributed by atoms with Crippen LogP contribution in [0.15, 0.2) is 78.9 Å². The number of carboxylic acid groups (broad SMARTS) is 1. The SMILES string of the molecule is NC(C(=O)OCc1ccccc1)(c1ccccc1-c1ccccc1C(=O)O)C(F)(F)F. The predicted molar refractivity (Wildman–Crippen MR) is 107 cm³/mol. The average Bonchev–Trinajstić information content (AvgIpc) is 2.76. The third kappa shape index (κ3) is 4.29. The standard InChI is InChI=1S/C23H18F3NO4/c24-23(25,26)22(27,21(30)31-14-15-8-2-1-3-9-15)19-13-7-6-11-17(19)16-10-4-5-12-18(16)20(28)29/h1-13H,14,27H2,(H,28,29). The molecule has 5 nitrogen and oxygen atoms in total. The van der Waals surface area contributed by atoms with Crippen molar-refractivity contribution in [3.8, 4) is 11.1 Å². The van der Waals surface area contributed by atoms with Crippen LogP contribution in [0.4, 0.5) is 13.2 Å². The molecule has 3 N–H and O–H groups in total. The zero-order valence-electron chi connectivity index (χ0n) is 16.1. The van der Waals surface area contributed by atoms with Gasteiger partial charge in [-0.1, -0.05) is 72.8 Å². The van der Waals surface area contributed by atoms with Crippen molar-refractivity contribution >= 4 is 11.9 Å². The van der Waals surface area contributed by atoms with Crippen molar-refractivity contribution in [2.24, 2.45) is 5.73 Å². The van der Waals surface area contributed by atoms with Crippen LogP contribution in [0.3, 0.4) is 0 Å². The molecule has 0 fully saturated rings. The first-order valence-corrected chi connectivity index (χ1v) is 9.15. The van der Waals surface area contributed by atoms with Gasteiger partial charge in [0.05, 0.1) is 5.56 Å². The highest BCUT2D eigenvalue weighted by atomic mass is 19.4. The number of carbonyl (C=O) groups excluding carboxylic acids is 1. The summed E-state index contributed by atoms with van der Waals surface area (Å²) >= 11 is 0. The van der Waals surface area contributed by atoms with E-state index in [4.69, 9.17) is 10.5 Å². The zero-order chi connectivity index (χ0) is 22.6. The van der Waals surface area contributed by atoms with E-state index in [1.807, 2.05) is 0 Å². The first-order valence-electron chi connectivity index (χ1n) is 9.15. The molecule has 1 atom stereocenters. The summed E-state index contributed by atoms with van der Waals surface area (Å²) in [6.07, 6.45) is -5.21. The Labute approximate surface area is 175 Å². The van der Waals surface area contributed by atoms with Crippen LogP contribution in [0.2, 0.25) is 0 Å². The molecule has 0 aliphatic rings. The van der Waals surface area contributed by atoms with E-state index in [9.17, 15) is 27.9 Å². The number of carboxylic acids is 1. The molecule has 0 radical (unpaired) electrons. The summed E-state index contributed by atoms with van der Waals surface area (Å²) < 4.78 is 47.5. The molecule has 8 heteroatoms. The number of esters is 1. The van der Waals surface area contributed by atoms with E-state index in [0.29, 0.717) is 5.56 Å². The van der Waals surface area contributed by atoms with Crippen molar-refractivity contribution in [3.63, 3.8) is 0 Å². The second kappa shape index (κ2) is 8.61. The number of carbonyl (C=O) groups is 2. The topological polar surface area (TPSA) is 89.6 Å². The van der Waals surface area contributed by atoms with E-state index < -0.39 is 35.8 Å². The molecule has 0 aliphatic heterocycles. The monoisotopic (exact) mass is 429 g/mol. The van der Waals surface area contributed by atoms with Gasteiger partial charge in [0, 0.05) is 5.56 Å². The molecule has 3 rings (SSSR count). The van der Waals surface area contributed by atoms with Gasteiger partial charge in [-0.25, -0.2) is 9.59 Å². The second-order valence-electron chi connectivity index (χ2n) is 6.76. The zero-order valence-corrected chi connectivity index (χ0v) is 16.1. The largest absolute Gasteiger partial charge is 0.478 e. The fourth-order valence-corrected chi connectivity index (χ4v) is 3.18. The highest BCUT2D eigenvalue weighted by Gasteiger charge is 2.61. The lowest BCUT2D eigenvalue weighted by Crippen LogP contribution is -2.57. The first kappa shape index (κ1) is 22.0. The summed E-state index contributed by atoms with van der Waals surface area (Å²) in [6.45, 7) is -0.400. The van der Waals surface area contributed by atoms with E-state index in [0.717, 1.165) is 6.07 Å². The summed E-state index contributed by atoms with van der Waals surface area (Å²) in [7, 11) is 0. The number of alkyl halides is 3. The molecule has 0 spiro atoms. The summed E-state index contributed by atoms with van der Waals surface area (Å²) in [5.41, 5.74) is 1.75. The third-order valence-electron chi connectivity index (χ3n) is 4.78. The molecule has 0 amide bonds. The third-order valence-corrected chi connectivity index (χ3v) is 4.78. The maximum absolute atomic E-state index is 14.2. The normalized spacial score (nSPS) is 13.3. The fraction of sp³-hybridized carbons (Fsp3) is 0.130. The van der Waals surface area contributed by atoms with Gasteiger partial charge >= 0.3 is 18.1 Å². The van der Waals surface area contributed by atoms with Gasteiger partial charge in [-0.05, 0) is 22.8 Å². The molecule has 1 unspecified atom stereocenters. The van der Waals surface area contributed by atoms with Crippen molar-refractivity contribution in [1.29, 1.82) is 0 Å². The lowest BCUT2D eigenvalue weighted by atomic mass is 9.83. The van der Waals surface area contributed by atoms with Crippen LogP contribution in [0.1, 0.15) is 21.5 Å². The summed E-state index contributed by atoms with van der Waals surface area (Å²) in [4.78, 5) is 24.3. The van der Waals surface area contributed by atoms with Gasteiger partial charge in [-0.15, -0.1) is 0 Å². The fourth-order valence-electron chi connectivity index (χ4n) is 3.18. The Morgan fingerprint density at radius 1 is 0.839 bits per heavy atom. The van der Waals surface area contributed by atoms with E-state index in [1.54, 1.807) is 30.3 Å². The van der Waals surface area contributed by atoms with Crippen molar-refractivity contribution < 1.29 is 32.6 Å². The number of hydrogen-bond acceptors (Lipinski definition) is 4. The van der Waals surface area contributed by atoms with Crippen molar-refractivity contribution in [1.82, 2.24) is 0 Å². The summed E-state index contributed by atoms with van der Waals surface area (Å²) in [5, 5.41) is 9.45. The number of aromatic carboxylic acids is 1. The molecule has 160 valence electrons. The lowest BCUT2D eigenvalue weighted by Gasteiger charge is -2.31. The maximum atomic E-state index is 14.2. The average molecular weight is 429 g/mol. The van der Waals surface area contributed by atoms with Crippen LogP contribution in [-0.4, -0.2) is 23.2 Å². The Bertz CT molecular complexity index is 1100. The molecule has 0 heterocycles. The van der Waals surface area contributed by atoms with Crippen molar-refractivity contribution in [3.05, 3.63) is 95.6 Å². The van der Waals surface area contributed by atoms with E-state index >= 15 is 0 Å². The van der Waals surface area contributed by atoms with Crippen LogP contribution >= 0.6 is 0 Å². The molecule has 3 aromatic rings. The number of hydrogen-bond donors (Lipinski definition) is 2. The number of benzene rings is 3. The Morgan fingerprint density at radius 2 is 1.39 bits per heavy atom. The van der Waals surface area contributed by atoms with Crippen LogP contribution in [0, 0.1) is 0 Å². The summed E-state index contributed by atoms with van der Waals surface area (Å²) in [5.74, 6) is -3.02. The van der Waals surface area contributed by atoms with Crippen molar-refractivity contribution in [2.45, 2.75) is 18.3 Å². The Balaban J connectivity index is 2.11. The van der Waals surface area contributed by atoms with E-state index in [1.165, 1.54) is 42.5 Å². The minimum Gasteiger partial charge on any atom is -0.478 e. The quantitative estimate of drug-likeness (QED) is 0.563. The molecule has 31 heavy (non-hydrogen) atoms. The number of nitrogens with two attached hydrogens (primary N) is 1. The molecular formula is C23H18F3NO4. The van der Waals surface area contributed by atoms with Crippen LogP contribution in [0.5, 0.6) is 0 Å². The Morgan fingerprint density at radius 3 is 2.00 bits per heavy atom. The Hall–Kier alpha value is -3.65. The maximum Gasteiger partial charge on any atom is 0.421 e. The number of rotatable bonds is 6. The second-order valence-corrected chi connectivity index (χ2v) is 6.76.